The van der Waals surface area contributed by atoms with Gasteiger partial charge in [-0.2, -0.15) is 0 Å². The van der Waals surface area contributed by atoms with E-state index in [1.54, 1.807) is 6.92 Å². The summed E-state index contributed by atoms with van der Waals surface area (Å²) in [7, 11) is 0. The molecule has 0 amide bonds. The summed E-state index contributed by atoms with van der Waals surface area (Å²) in [5, 5.41) is 10.5. The summed E-state index contributed by atoms with van der Waals surface area (Å²) in [4.78, 5) is 14.2. The summed E-state index contributed by atoms with van der Waals surface area (Å²) in [6.07, 6.45) is 0.0870. The zero-order chi connectivity index (χ0) is 11.5. The fraction of sp³-hybridized carbons (Fsp3) is 0.250. The van der Waals surface area contributed by atoms with E-state index in [1.807, 2.05) is 24.3 Å². The molecule has 1 aromatic carbocycles. The van der Waals surface area contributed by atoms with Crippen LogP contribution in [-0.2, 0) is 16.0 Å². The molecule has 0 bridgehead atoms. The summed E-state index contributed by atoms with van der Waals surface area (Å²) in [5.41, 5.74) is 1.41. The molecule has 0 aliphatic rings. The van der Waals surface area contributed by atoms with E-state index < -0.39 is 0 Å². The Labute approximate surface area is 92.9 Å². The highest BCUT2D eigenvalue weighted by atomic mass is 16.5. The lowest BCUT2D eigenvalue weighted by molar-refractivity contribution is -0.142. The van der Waals surface area contributed by atoms with Crippen LogP contribution in [0.4, 0.5) is 0 Å². The van der Waals surface area contributed by atoms with E-state index in [9.17, 15) is 9.90 Å². The van der Waals surface area contributed by atoms with Gasteiger partial charge in [0.05, 0.1) is 13.0 Å². The first-order chi connectivity index (χ1) is 7.72. The van der Waals surface area contributed by atoms with E-state index in [4.69, 9.17) is 4.74 Å². The largest absolute Gasteiger partial charge is 0.494 e. The third kappa shape index (κ3) is 1.86. The Morgan fingerprint density at radius 1 is 1.44 bits per heavy atom. The highest BCUT2D eigenvalue weighted by Crippen LogP contribution is 2.27. The minimum atomic E-state index is -0.331. The van der Waals surface area contributed by atoms with Crippen molar-refractivity contribution in [2.45, 2.75) is 13.3 Å². The normalized spacial score (nSPS) is 10.6. The van der Waals surface area contributed by atoms with E-state index in [1.165, 1.54) is 0 Å². The maximum Gasteiger partial charge on any atom is 0.310 e. The Morgan fingerprint density at radius 2 is 2.19 bits per heavy atom. The molecule has 4 heteroatoms. The van der Waals surface area contributed by atoms with Crippen molar-refractivity contribution < 1.29 is 14.6 Å². The number of carbonyl (C=O) groups is 1. The number of ether oxygens (including phenoxy) is 1. The van der Waals surface area contributed by atoms with Crippen LogP contribution in [0.5, 0.6) is 5.88 Å². The standard InChI is InChI=1S/C12H13NO3/c1-2-16-11(14)7-9-8-5-3-4-6-10(8)13-12(9)15/h3-6,13,15H,2,7H2,1H3. The van der Waals surface area contributed by atoms with Crippen LogP contribution < -0.4 is 0 Å². The zero-order valence-corrected chi connectivity index (χ0v) is 8.99. The van der Waals surface area contributed by atoms with Crippen LogP contribution in [-0.4, -0.2) is 22.7 Å². The number of benzene rings is 1. The topological polar surface area (TPSA) is 62.3 Å². The number of hydrogen-bond donors (Lipinski definition) is 2. The monoisotopic (exact) mass is 219 g/mol. The molecular weight excluding hydrogens is 206 g/mol. The lowest BCUT2D eigenvalue weighted by atomic mass is 10.1. The van der Waals surface area contributed by atoms with Crippen molar-refractivity contribution in [1.82, 2.24) is 4.98 Å². The van der Waals surface area contributed by atoms with Crippen molar-refractivity contribution in [3.63, 3.8) is 0 Å². The molecule has 0 atom stereocenters. The molecule has 0 aliphatic heterocycles. The second-order valence-corrected chi connectivity index (χ2v) is 3.48. The van der Waals surface area contributed by atoms with Gasteiger partial charge in [0.25, 0.3) is 0 Å². The minimum absolute atomic E-state index is 0.0363. The SMILES string of the molecule is CCOC(=O)Cc1c(O)[nH]c2ccccc12. The predicted octanol–water partition coefficient (Wildman–Crippen LogP) is 1.98. The molecule has 0 radical (unpaired) electrons. The molecule has 16 heavy (non-hydrogen) atoms. The molecule has 1 heterocycles. The molecule has 0 saturated heterocycles. The van der Waals surface area contributed by atoms with Gasteiger partial charge in [0.1, 0.15) is 0 Å². The van der Waals surface area contributed by atoms with Gasteiger partial charge in [-0.05, 0) is 13.0 Å². The van der Waals surface area contributed by atoms with E-state index >= 15 is 0 Å². The van der Waals surface area contributed by atoms with Crippen molar-refractivity contribution in [3.05, 3.63) is 29.8 Å². The van der Waals surface area contributed by atoms with Gasteiger partial charge >= 0.3 is 5.97 Å². The average molecular weight is 219 g/mol. The van der Waals surface area contributed by atoms with Crippen LogP contribution in [0, 0.1) is 0 Å². The number of nitrogens with one attached hydrogen (secondary N) is 1. The number of para-hydroxylation sites is 1. The van der Waals surface area contributed by atoms with E-state index in [0.29, 0.717) is 12.2 Å². The Balaban J connectivity index is 2.36. The maximum atomic E-state index is 11.4. The number of aromatic hydroxyl groups is 1. The van der Waals surface area contributed by atoms with Gasteiger partial charge in [-0.15, -0.1) is 0 Å². The van der Waals surface area contributed by atoms with E-state index in [2.05, 4.69) is 4.98 Å². The first kappa shape index (κ1) is 10.5. The molecule has 2 rings (SSSR count). The molecule has 0 saturated carbocycles. The van der Waals surface area contributed by atoms with Gasteiger partial charge in [-0.3, -0.25) is 4.79 Å². The zero-order valence-electron chi connectivity index (χ0n) is 8.99. The molecule has 2 N–H and O–H groups in total. The van der Waals surface area contributed by atoms with Gasteiger partial charge in [0.2, 0.25) is 0 Å². The molecule has 84 valence electrons. The molecule has 4 nitrogen and oxygen atoms in total. The predicted molar refractivity (Wildman–Crippen MR) is 60.3 cm³/mol. The van der Waals surface area contributed by atoms with Crippen LogP contribution in [0.2, 0.25) is 0 Å². The van der Waals surface area contributed by atoms with Crippen molar-refractivity contribution in [2.75, 3.05) is 6.61 Å². The Kier molecular flexibility index (Phi) is 2.81. The highest BCUT2D eigenvalue weighted by molar-refractivity contribution is 5.89. The third-order valence-corrected chi connectivity index (χ3v) is 2.42. The second kappa shape index (κ2) is 4.26. The molecule has 0 aliphatic carbocycles. The number of fused-ring (bicyclic) bond motifs is 1. The molecule has 0 fully saturated rings. The minimum Gasteiger partial charge on any atom is -0.494 e. The number of rotatable bonds is 3. The quantitative estimate of drug-likeness (QED) is 0.776. The third-order valence-electron chi connectivity index (χ3n) is 2.42. The van der Waals surface area contributed by atoms with E-state index in [-0.39, 0.29) is 18.3 Å². The first-order valence-corrected chi connectivity index (χ1v) is 5.16. The van der Waals surface area contributed by atoms with Crippen LogP contribution >= 0.6 is 0 Å². The van der Waals surface area contributed by atoms with Crippen LogP contribution in [0.25, 0.3) is 10.9 Å². The van der Waals surface area contributed by atoms with Crippen LogP contribution in [0.15, 0.2) is 24.3 Å². The van der Waals surface area contributed by atoms with Gasteiger partial charge in [0, 0.05) is 16.5 Å². The first-order valence-electron chi connectivity index (χ1n) is 5.16. The summed E-state index contributed by atoms with van der Waals surface area (Å²) < 4.78 is 4.86. The molecule has 1 aromatic heterocycles. The van der Waals surface area contributed by atoms with Crippen molar-refractivity contribution in [1.29, 1.82) is 0 Å². The van der Waals surface area contributed by atoms with Gasteiger partial charge in [0.15, 0.2) is 5.88 Å². The summed E-state index contributed by atoms with van der Waals surface area (Å²) in [6.45, 7) is 2.11. The van der Waals surface area contributed by atoms with Crippen LogP contribution in [0.3, 0.4) is 0 Å². The molecule has 2 aromatic rings. The molecule has 0 unspecified atom stereocenters. The number of carbonyl (C=O) groups excluding carboxylic acids is 1. The van der Waals surface area contributed by atoms with Gasteiger partial charge in [-0.1, -0.05) is 18.2 Å². The Bertz CT molecular complexity index is 516. The second-order valence-electron chi connectivity index (χ2n) is 3.48. The van der Waals surface area contributed by atoms with E-state index in [0.717, 1.165) is 10.9 Å². The Morgan fingerprint density at radius 3 is 2.94 bits per heavy atom. The maximum absolute atomic E-state index is 11.4. The Hall–Kier alpha value is -1.97. The lowest BCUT2D eigenvalue weighted by Crippen LogP contribution is -2.07. The van der Waals surface area contributed by atoms with Crippen LogP contribution in [0.1, 0.15) is 12.5 Å². The van der Waals surface area contributed by atoms with Gasteiger partial charge < -0.3 is 14.8 Å². The van der Waals surface area contributed by atoms with Crippen molar-refractivity contribution in [2.24, 2.45) is 0 Å². The fourth-order valence-corrected chi connectivity index (χ4v) is 1.72. The number of H-pyrrole nitrogens is 1. The molecule has 0 spiro atoms. The number of esters is 1. The van der Waals surface area contributed by atoms with Crippen molar-refractivity contribution >= 4 is 16.9 Å². The molecular formula is C12H13NO3. The number of hydrogen-bond acceptors (Lipinski definition) is 3. The fourth-order valence-electron chi connectivity index (χ4n) is 1.72. The summed E-state index contributed by atoms with van der Waals surface area (Å²) in [6, 6.07) is 7.44. The average Bonchev–Trinajstić information content (AvgIpc) is 2.56. The van der Waals surface area contributed by atoms with Crippen molar-refractivity contribution in [3.8, 4) is 5.88 Å². The summed E-state index contributed by atoms with van der Waals surface area (Å²) in [5.74, 6) is -0.295. The smallest absolute Gasteiger partial charge is 0.310 e. The summed E-state index contributed by atoms with van der Waals surface area (Å²) >= 11 is 0. The van der Waals surface area contributed by atoms with Gasteiger partial charge in [-0.25, -0.2) is 0 Å². The number of aromatic nitrogens is 1. The number of aromatic amines is 1. The lowest BCUT2D eigenvalue weighted by Gasteiger charge is -2.01. The highest BCUT2D eigenvalue weighted by Gasteiger charge is 2.14.